The van der Waals surface area contributed by atoms with Crippen LogP contribution in [0.5, 0.6) is 5.75 Å². The quantitative estimate of drug-likeness (QED) is 0.684. The third kappa shape index (κ3) is 4.54. The normalized spacial score (nSPS) is 29.2. The zero-order chi connectivity index (χ0) is 20.4. The molecule has 4 bridgehead atoms. The maximum absolute atomic E-state index is 12.4. The topological polar surface area (TPSA) is 93.7 Å². The first kappa shape index (κ1) is 19.7. The molecule has 4 aliphatic rings. The van der Waals surface area contributed by atoms with Crippen LogP contribution in [0.3, 0.4) is 0 Å². The Kier molecular flexibility index (Phi) is 5.48. The average molecular weight is 400 g/mol. The third-order valence-corrected chi connectivity index (χ3v) is 6.53. The Hall–Kier alpha value is -2.57. The minimum Gasteiger partial charge on any atom is -0.497 e. The van der Waals surface area contributed by atoms with E-state index in [4.69, 9.17) is 9.47 Å². The Morgan fingerprint density at radius 2 is 1.72 bits per heavy atom. The predicted molar refractivity (Wildman–Crippen MR) is 105 cm³/mol. The van der Waals surface area contributed by atoms with Gasteiger partial charge in [-0.2, -0.15) is 0 Å². The second-order valence-electron chi connectivity index (χ2n) is 8.82. The summed E-state index contributed by atoms with van der Waals surface area (Å²) < 4.78 is 10.1. The van der Waals surface area contributed by atoms with Crippen LogP contribution in [0.4, 0.5) is 0 Å². The van der Waals surface area contributed by atoms with E-state index in [1.54, 1.807) is 24.3 Å². The van der Waals surface area contributed by atoms with Crippen molar-refractivity contribution in [1.82, 2.24) is 10.6 Å². The van der Waals surface area contributed by atoms with Crippen LogP contribution in [0.15, 0.2) is 24.3 Å². The minimum absolute atomic E-state index is 0.0984. The van der Waals surface area contributed by atoms with Crippen molar-refractivity contribution in [2.75, 3.05) is 20.3 Å². The first-order valence-electron chi connectivity index (χ1n) is 10.3. The molecule has 0 radical (unpaired) electrons. The highest BCUT2D eigenvalue weighted by atomic mass is 16.5. The van der Waals surface area contributed by atoms with Crippen molar-refractivity contribution in [2.24, 2.45) is 17.8 Å². The Morgan fingerprint density at radius 1 is 1.07 bits per heavy atom. The van der Waals surface area contributed by atoms with Crippen LogP contribution in [0.2, 0.25) is 0 Å². The number of nitrogens with one attached hydrogen (secondary N) is 2. The van der Waals surface area contributed by atoms with Gasteiger partial charge < -0.3 is 20.1 Å². The number of methoxy groups -OCH3 is 1. The predicted octanol–water partition coefficient (Wildman–Crippen LogP) is 2.05. The van der Waals surface area contributed by atoms with Gasteiger partial charge in [0.2, 0.25) is 0 Å². The van der Waals surface area contributed by atoms with Gasteiger partial charge in [0, 0.05) is 11.1 Å². The fourth-order valence-corrected chi connectivity index (χ4v) is 5.81. The monoisotopic (exact) mass is 400 g/mol. The van der Waals surface area contributed by atoms with Crippen LogP contribution in [0, 0.1) is 17.8 Å². The van der Waals surface area contributed by atoms with E-state index in [-0.39, 0.29) is 24.6 Å². The summed E-state index contributed by atoms with van der Waals surface area (Å²) >= 11 is 0. The number of amides is 2. The number of rotatable bonds is 7. The van der Waals surface area contributed by atoms with Gasteiger partial charge in [0.25, 0.3) is 11.8 Å². The number of hydrogen-bond acceptors (Lipinski definition) is 5. The van der Waals surface area contributed by atoms with Gasteiger partial charge in [-0.05, 0) is 74.5 Å². The lowest BCUT2D eigenvalue weighted by atomic mass is 9.53. The highest BCUT2D eigenvalue weighted by Gasteiger charge is 2.51. The largest absolute Gasteiger partial charge is 0.497 e. The minimum atomic E-state index is -0.637. The highest BCUT2D eigenvalue weighted by Crippen LogP contribution is 2.55. The van der Waals surface area contributed by atoms with Crippen molar-refractivity contribution >= 4 is 17.8 Å². The number of benzene rings is 1. The summed E-state index contributed by atoms with van der Waals surface area (Å²) in [6, 6.07) is 6.63. The molecular weight excluding hydrogens is 372 g/mol. The summed E-state index contributed by atoms with van der Waals surface area (Å²) in [6.45, 7) is -0.601. The molecule has 0 heterocycles. The molecule has 29 heavy (non-hydrogen) atoms. The molecule has 0 spiro atoms. The number of carbonyl (C=O) groups is 3. The molecule has 0 atom stereocenters. The summed E-state index contributed by atoms with van der Waals surface area (Å²) in [7, 11) is 1.52. The molecule has 0 aromatic heterocycles. The first-order chi connectivity index (χ1) is 13.9. The highest BCUT2D eigenvalue weighted by molar-refractivity contribution is 5.96. The molecule has 0 unspecified atom stereocenters. The van der Waals surface area contributed by atoms with Crippen LogP contribution >= 0.6 is 0 Å². The SMILES string of the molecule is COc1cccc(C(=O)NCC(=O)OCC(=O)NC23CC4CC(CC(C4)C2)C3)c1. The Labute approximate surface area is 170 Å². The lowest BCUT2D eigenvalue weighted by Gasteiger charge is -2.56. The van der Waals surface area contributed by atoms with Gasteiger partial charge in [0.05, 0.1) is 7.11 Å². The van der Waals surface area contributed by atoms with E-state index in [1.807, 2.05) is 0 Å². The maximum Gasteiger partial charge on any atom is 0.325 e. The van der Waals surface area contributed by atoms with E-state index in [1.165, 1.54) is 26.4 Å². The lowest BCUT2D eigenvalue weighted by Crippen LogP contribution is -2.60. The zero-order valence-corrected chi connectivity index (χ0v) is 16.7. The molecule has 156 valence electrons. The molecule has 1 aromatic rings. The van der Waals surface area contributed by atoms with Crippen LogP contribution in [0.25, 0.3) is 0 Å². The van der Waals surface area contributed by atoms with Crippen molar-refractivity contribution in [2.45, 2.75) is 44.1 Å². The van der Waals surface area contributed by atoms with Crippen LogP contribution in [-0.2, 0) is 14.3 Å². The molecule has 4 aliphatic carbocycles. The fraction of sp³-hybridized carbons (Fsp3) is 0.591. The Balaban J connectivity index is 1.20. The number of hydrogen-bond donors (Lipinski definition) is 2. The van der Waals surface area contributed by atoms with Gasteiger partial charge >= 0.3 is 5.97 Å². The van der Waals surface area contributed by atoms with Crippen LogP contribution in [-0.4, -0.2) is 43.6 Å². The number of carbonyl (C=O) groups excluding carboxylic acids is 3. The number of ether oxygens (including phenoxy) is 2. The smallest absolute Gasteiger partial charge is 0.325 e. The molecule has 5 rings (SSSR count). The van der Waals surface area contributed by atoms with Gasteiger partial charge in [0.1, 0.15) is 12.3 Å². The third-order valence-electron chi connectivity index (χ3n) is 6.53. The van der Waals surface area contributed by atoms with Gasteiger partial charge in [-0.3, -0.25) is 14.4 Å². The van der Waals surface area contributed by atoms with Gasteiger partial charge in [-0.15, -0.1) is 0 Å². The summed E-state index contributed by atoms with van der Waals surface area (Å²) in [5.74, 6) is 1.46. The second-order valence-corrected chi connectivity index (χ2v) is 8.82. The van der Waals surface area contributed by atoms with E-state index in [9.17, 15) is 14.4 Å². The standard InChI is InChI=1S/C22H28N2O5/c1-28-18-4-2-3-17(8-18)21(27)23-12-20(26)29-13-19(25)24-22-9-14-5-15(10-22)7-16(6-14)11-22/h2-4,8,14-16H,5-7,9-13H2,1H3,(H,23,27)(H,24,25). The molecule has 0 aliphatic heterocycles. The molecule has 7 heteroatoms. The summed E-state index contributed by atoms with van der Waals surface area (Å²) in [6.07, 6.45) is 7.06. The van der Waals surface area contributed by atoms with E-state index in [2.05, 4.69) is 10.6 Å². The number of esters is 1. The molecule has 2 amide bonds. The van der Waals surface area contributed by atoms with Crippen molar-refractivity contribution in [3.63, 3.8) is 0 Å². The zero-order valence-electron chi connectivity index (χ0n) is 16.7. The molecule has 2 N–H and O–H groups in total. The molecular formula is C22H28N2O5. The van der Waals surface area contributed by atoms with Crippen molar-refractivity contribution in [3.05, 3.63) is 29.8 Å². The van der Waals surface area contributed by atoms with E-state index < -0.39 is 11.9 Å². The second kappa shape index (κ2) is 8.05. The van der Waals surface area contributed by atoms with Gasteiger partial charge in [-0.1, -0.05) is 6.07 Å². The maximum atomic E-state index is 12.4. The van der Waals surface area contributed by atoms with Crippen molar-refractivity contribution in [3.8, 4) is 5.75 Å². The molecule has 0 saturated heterocycles. The van der Waals surface area contributed by atoms with Crippen LogP contribution < -0.4 is 15.4 Å². The van der Waals surface area contributed by atoms with Gasteiger partial charge in [-0.25, -0.2) is 0 Å². The summed E-state index contributed by atoms with van der Waals surface area (Å²) in [5, 5.41) is 5.67. The van der Waals surface area contributed by atoms with Crippen molar-refractivity contribution < 1.29 is 23.9 Å². The lowest BCUT2D eigenvalue weighted by molar-refractivity contribution is -0.149. The molecule has 1 aromatic carbocycles. The summed E-state index contributed by atoms with van der Waals surface area (Å²) in [5.41, 5.74) is 0.287. The average Bonchev–Trinajstić information content (AvgIpc) is 2.69. The van der Waals surface area contributed by atoms with E-state index in [0.717, 1.165) is 37.0 Å². The Bertz CT molecular complexity index is 771. The van der Waals surface area contributed by atoms with Gasteiger partial charge in [0.15, 0.2) is 6.61 Å². The van der Waals surface area contributed by atoms with Crippen molar-refractivity contribution in [1.29, 1.82) is 0 Å². The first-order valence-corrected chi connectivity index (χ1v) is 10.3. The van der Waals surface area contributed by atoms with E-state index in [0.29, 0.717) is 11.3 Å². The summed E-state index contributed by atoms with van der Waals surface area (Å²) in [4.78, 5) is 36.4. The van der Waals surface area contributed by atoms with Crippen LogP contribution in [0.1, 0.15) is 48.9 Å². The fourth-order valence-electron chi connectivity index (χ4n) is 5.81. The molecule has 4 saturated carbocycles. The molecule has 7 nitrogen and oxygen atoms in total. The van der Waals surface area contributed by atoms with E-state index >= 15 is 0 Å². The molecule has 4 fully saturated rings. The Morgan fingerprint density at radius 3 is 2.34 bits per heavy atom.